The Balaban J connectivity index is 0.000000774. The minimum Gasteiger partial charge on any atom is -0.327 e. The first-order chi connectivity index (χ1) is 9.91. The van der Waals surface area contributed by atoms with Crippen LogP contribution in [0.3, 0.4) is 0 Å². The number of fused-ring (bicyclic) bond motifs is 3. The minimum atomic E-state index is 0.281. The normalized spacial score (nSPS) is 47.6. The lowest BCUT2D eigenvalue weighted by atomic mass is 9.49. The van der Waals surface area contributed by atoms with Gasteiger partial charge in [0.25, 0.3) is 0 Å². The van der Waals surface area contributed by atoms with Gasteiger partial charge in [-0.05, 0) is 67.1 Å². The fourth-order valence-corrected chi connectivity index (χ4v) is 5.90. The number of hydrogen-bond donors (Lipinski definition) is 1. The third-order valence-electron chi connectivity index (χ3n) is 7.40. The maximum atomic E-state index is 11.4. The predicted molar refractivity (Wildman–Crippen MR) is 88.9 cm³/mol. The number of nitrogens with two attached hydrogens (primary N) is 1. The molecular weight excluding hydrogens is 258 g/mol. The zero-order valence-electron chi connectivity index (χ0n) is 14.7. The van der Waals surface area contributed by atoms with Crippen molar-refractivity contribution in [1.82, 2.24) is 0 Å². The molecule has 0 spiro atoms. The fraction of sp³-hybridized carbons (Fsp3) is 0.947. The lowest BCUT2D eigenvalue weighted by Crippen LogP contribution is -2.55. The van der Waals surface area contributed by atoms with Crippen LogP contribution in [0, 0.1) is 34.5 Å². The molecule has 0 saturated heterocycles. The van der Waals surface area contributed by atoms with Crippen molar-refractivity contribution < 1.29 is 4.79 Å². The van der Waals surface area contributed by atoms with Crippen molar-refractivity contribution in [3.05, 3.63) is 0 Å². The molecule has 2 heteroatoms. The summed E-state index contributed by atoms with van der Waals surface area (Å²) in [6.45, 7) is 11.1. The molecular formula is C19H35NO. The fourth-order valence-electron chi connectivity index (χ4n) is 5.90. The highest BCUT2D eigenvalue weighted by Crippen LogP contribution is 2.63. The van der Waals surface area contributed by atoms with Gasteiger partial charge in [0.15, 0.2) is 0 Å². The third kappa shape index (κ3) is 2.48. The van der Waals surface area contributed by atoms with Gasteiger partial charge in [0, 0.05) is 12.0 Å². The van der Waals surface area contributed by atoms with E-state index in [0.29, 0.717) is 17.4 Å². The number of carbonyl (C=O) groups is 1. The molecule has 3 aliphatic carbocycles. The molecule has 2 nitrogen and oxygen atoms in total. The van der Waals surface area contributed by atoms with Crippen LogP contribution in [-0.2, 0) is 4.79 Å². The van der Waals surface area contributed by atoms with E-state index in [1.54, 1.807) is 0 Å². The summed E-state index contributed by atoms with van der Waals surface area (Å²) in [5.41, 5.74) is 6.96. The van der Waals surface area contributed by atoms with Gasteiger partial charge in [0.05, 0.1) is 0 Å². The highest BCUT2D eigenvalue weighted by atomic mass is 16.1. The van der Waals surface area contributed by atoms with E-state index in [-0.39, 0.29) is 5.41 Å². The molecule has 3 aliphatic rings. The van der Waals surface area contributed by atoms with Crippen LogP contribution in [0.2, 0.25) is 0 Å². The topological polar surface area (TPSA) is 43.1 Å². The van der Waals surface area contributed by atoms with E-state index in [0.717, 1.165) is 24.2 Å². The summed E-state index contributed by atoms with van der Waals surface area (Å²) in [5, 5.41) is 0. The van der Waals surface area contributed by atoms with Crippen LogP contribution in [0.25, 0.3) is 0 Å². The average Bonchev–Trinajstić information content (AvgIpc) is 2.81. The molecule has 3 fully saturated rings. The lowest BCUT2D eigenvalue weighted by molar-refractivity contribution is -0.118. The van der Waals surface area contributed by atoms with Crippen LogP contribution in [0.1, 0.15) is 73.1 Å². The van der Waals surface area contributed by atoms with Crippen molar-refractivity contribution in [2.24, 2.45) is 40.2 Å². The molecule has 3 rings (SSSR count). The van der Waals surface area contributed by atoms with Crippen LogP contribution in [0.5, 0.6) is 0 Å². The highest BCUT2D eigenvalue weighted by molar-refractivity contribution is 5.56. The molecule has 0 aromatic rings. The quantitative estimate of drug-likeness (QED) is 0.727. The molecule has 122 valence electrons. The van der Waals surface area contributed by atoms with Crippen molar-refractivity contribution in [2.45, 2.75) is 79.2 Å². The van der Waals surface area contributed by atoms with Crippen LogP contribution in [0.4, 0.5) is 0 Å². The van der Waals surface area contributed by atoms with Gasteiger partial charge >= 0.3 is 0 Å². The predicted octanol–water partition coefficient (Wildman–Crippen LogP) is 4.42. The molecule has 2 N–H and O–H groups in total. The van der Waals surface area contributed by atoms with Crippen LogP contribution < -0.4 is 5.73 Å². The molecule has 0 bridgehead atoms. The Kier molecular flexibility index (Phi) is 4.87. The van der Waals surface area contributed by atoms with E-state index < -0.39 is 0 Å². The Hall–Kier alpha value is -0.370. The maximum Gasteiger partial charge on any atom is 0.123 e. The van der Waals surface area contributed by atoms with Gasteiger partial charge in [0.1, 0.15) is 6.29 Å². The summed E-state index contributed by atoms with van der Waals surface area (Å²) in [4.78, 5) is 11.4. The van der Waals surface area contributed by atoms with E-state index in [1.807, 2.05) is 13.8 Å². The molecule has 6 atom stereocenters. The zero-order valence-corrected chi connectivity index (χ0v) is 14.7. The van der Waals surface area contributed by atoms with Crippen molar-refractivity contribution in [3.8, 4) is 0 Å². The van der Waals surface area contributed by atoms with Crippen LogP contribution >= 0.6 is 0 Å². The Morgan fingerprint density at radius 2 is 1.62 bits per heavy atom. The second-order valence-electron chi connectivity index (χ2n) is 8.25. The molecule has 21 heavy (non-hydrogen) atoms. The Morgan fingerprint density at radius 1 is 0.952 bits per heavy atom. The Labute approximate surface area is 131 Å². The highest BCUT2D eigenvalue weighted by Gasteiger charge is 2.57. The van der Waals surface area contributed by atoms with Crippen molar-refractivity contribution in [2.75, 3.05) is 0 Å². The zero-order chi connectivity index (χ0) is 15.8. The van der Waals surface area contributed by atoms with Gasteiger partial charge in [-0.2, -0.15) is 0 Å². The van der Waals surface area contributed by atoms with Crippen LogP contribution in [-0.4, -0.2) is 12.3 Å². The summed E-state index contributed by atoms with van der Waals surface area (Å²) >= 11 is 0. The smallest absolute Gasteiger partial charge is 0.123 e. The molecule has 3 saturated carbocycles. The first kappa shape index (κ1) is 17.0. The third-order valence-corrected chi connectivity index (χ3v) is 7.40. The average molecular weight is 293 g/mol. The van der Waals surface area contributed by atoms with E-state index in [4.69, 9.17) is 5.73 Å². The molecule has 0 aromatic carbocycles. The van der Waals surface area contributed by atoms with Gasteiger partial charge < -0.3 is 10.5 Å². The second kappa shape index (κ2) is 6.02. The van der Waals surface area contributed by atoms with Crippen molar-refractivity contribution in [1.29, 1.82) is 0 Å². The molecule has 0 aromatic heterocycles. The number of aldehydes is 1. The monoisotopic (exact) mass is 293 g/mol. The van der Waals surface area contributed by atoms with E-state index in [1.165, 1.54) is 38.4 Å². The van der Waals surface area contributed by atoms with Crippen LogP contribution in [0.15, 0.2) is 0 Å². The summed E-state index contributed by atoms with van der Waals surface area (Å²) in [7, 11) is 0. The van der Waals surface area contributed by atoms with E-state index in [2.05, 4.69) is 20.8 Å². The number of hydrogen-bond acceptors (Lipinski definition) is 2. The van der Waals surface area contributed by atoms with Gasteiger partial charge in [0.2, 0.25) is 0 Å². The summed E-state index contributed by atoms with van der Waals surface area (Å²) in [6, 6.07) is 0.362. The van der Waals surface area contributed by atoms with Crippen molar-refractivity contribution >= 4 is 6.29 Å². The molecule has 0 radical (unpaired) electrons. The molecule has 0 aliphatic heterocycles. The molecule has 0 amide bonds. The molecule has 6 unspecified atom stereocenters. The largest absolute Gasteiger partial charge is 0.327 e. The first-order valence-electron chi connectivity index (χ1n) is 9.12. The van der Waals surface area contributed by atoms with E-state index >= 15 is 0 Å². The maximum absolute atomic E-state index is 11.4. The Morgan fingerprint density at radius 3 is 2.24 bits per heavy atom. The first-order valence-corrected chi connectivity index (χ1v) is 9.12. The SMILES string of the molecule is CC.CC1(C)C(N)CCC2C1CCC1(C)C(C=O)CCC21. The molecule has 0 heterocycles. The van der Waals surface area contributed by atoms with Gasteiger partial charge in [-0.15, -0.1) is 0 Å². The Bertz CT molecular complexity index is 378. The van der Waals surface area contributed by atoms with Gasteiger partial charge in [-0.3, -0.25) is 0 Å². The summed E-state index contributed by atoms with van der Waals surface area (Å²) in [5.74, 6) is 2.68. The summed E-state index contributed by atoms with van der Waals surface area (Å²) in [6.07, 6.45) is 8.63. The minimum absolute atomic E-state index is 0.281. The van der Waals surface area contributed by atoms with Gasteiger partial charge in [-0.25, -0.2) is 0 Å². The van der Waals surface area contributed by atoms with Gasteiger partial charge in [-0.1, -0.05) is 34.6 Å². The van der Waals surface area contributed by atoms with Crippen molar-refractivity contribution in [3.63, 3.8) is 0 Å². The number of carbonyl (C=O) groups excluding carboxylic acids is 1. The second-order valence-corrected chi connectivity index (χ2v) is 8.25. The number of rotatable bonds is 1. The standard InChI is InChI=1S/C17H29NO.C2H6/c1-16(2)13-8-9-17(3)11(10-19)4-6-14(17)12(13)5-7-15(16)18;1-2/h10-15H,4-9,18H2,1-3H3;1-2H3. The lowest BCUT2D eigenvalue weighted by Gasteiger charge is -2.57. The summed E-state index contributed by atoms with van der Waals surface area (Å²) < 4.78 is 0. The van der Waals surface area contributed by atoms with E-state index in [9.17, 15) is 4.79 Å².